The molecule has 4 heterocycles. The molecule has 2 N–H and O–H groups in total. The molecule has 2 aromatic carbocycles. The molecule has 4 unspecified atom stereocenters. The third-order valence-corrected chi connectivity index (χ3v) is 15.4. The second kappa shape index (κ2) is 20.6. The molecule has 0 aliphatic carbocycles. The van der Waals surface area contributed by atoms with Crippen LogP contribution in [0.4, 0.5) is 0 Å². The standard InChI is InChI=1S/C50H68N2O12/c1-7-11-45(55)61-40-21-15-32(42(27-40)63-47(57)13-9-3)30-51(5)36-17-18-37(51)24-34(23-36)50(49(59)60,29-44(53)54)35-25-38-19-20-39(26-35)52(38,6)31-33-16-22-41(62-46(56)12-8-2)28-43(33)64-48(58)14-10-4/h15-16,21-22,27-28,34-39H,7-14,17-20,23-26,29-31H2,1-6H3/p+2. The summed E-state index contributed by atoms with van der Waals surface area (Å²) in [6, 6.07) is 10.6. The first-order valence-electron chi connectivity index (χ1n) is 23.7. The lowest BCUT2D eigenvalue weighted by atomic mass is 9.57. The van der Waals surface area contributed by atoms with Crippen LogP contribution in [0.2, 0.25) is 0 Å². The fourth-order valence-corrected chi connectivity index (χ4v) is 12.1. The Morgan fingerprint density at radius 2 is 0.875 bits per heavy atom. The first kappa shape index (κ1) is 48.6. The van der Waals surface area contributed by atoms with Crippen molar-refractivity contribution >= 4 is 35.8 Å². The molecule has 4 aliphatic heterocycles. The van der Waals surface area contributed by atoms with Crippen LogP contribution in [0, 0.1) is 17.3 Å². The predicted octanol–water partition coefficient (Wildman–Crippen LogP) is 8.53. The molecule has 0 radical (unpaired) electrons. The monoisotopic (exact) mass is 890 g/mol. The van der Waals surface area contributed by atoms with Crippen molar-refractivity contribution in [3.63, 3.8) is 0 Å². The number of hydrogen-bond acceptors (Lipinski definition) is 10. The number of ether oxygens (including phenoxy) is 4. The predicted molar refractivity (Wildman–Crippen MR) is 236 cm³/mol. The summed E-state index contributed by atoms with van der Waals surface area (Å²) in [6.45, 7) is 8.62. The average Bonchev–Trinajstić information content (AvgIpc) is 3.44. The lowest BCUT2D eigenvalue weighted by molar-refractivity contribution is -0.963. The SMILES string of the molecule is CCCC(=O)Oc1ccc(C[N+]2(C)C3CCC2CC(C(CC(=O)O)(C(=O)O)C2CC4CCC(C2)[N+]4(C)Cc2ccc(OC(=O)CCC)cc2OC(=O)CCC)C3)c(OC(=O)CCC)c1. The van der Waals surface area contributed by atoms with Crippen molar-refractivity contribution < 1.29 is 66.9 Å². The molecular formula is C50H70N2O12+2. The van der Waals surface area contributed by atoms with Crippen molar-refractivity contribution in [2.45, 2.75) is 174 Å². The molecule has 4 bridgehead atoms. The highest BCUT2D eigenvalue weighted by molar-refractivity contribution is 5.82. The zero-order valence-electron chi connectivity index (χ0n) is 38.7. The van der Waals surface area contributed by atoms with Crippen molar-refractivity contribution in [3.05, 3.63) is 47.5 Å². The van der Waals surface area contributed by atoms with Crippen LogP contribution in [0.1, 0.15) is 148 Å². The molecule has 2 aromatic rings. The molecule has 4 saturated heterocycles. The van der Waals surface area contributed by atoms with Gasteiger partial charge in [-0.3, -0.25) is 28.8 Å². The van der Waals surface area contributed by atoms with Crippen LogP contribution in [0.25, 0.3) is 0 Å². The number of rotatable bonds is 21. The molecule has 0 spiro atoms. The quantitative estimate of drug-likeness (QED) is 0.0694. The third-order valence-electron chi connectivity index (χ3n) is 15.4. The van der Waals surface area contributed by atoms with Gasteiger partial charge in [0, 0.05) is 100 Å². The number of carboxylic acids is 2. The third kappa shape index (κ3) is 10.3. The van der Waals surface area contributed by atoms with Gasteiger partial charge in [0.05, 0.1) is 50.1 Å². The Morgan fingerprint density at radius 1 is 0.547 bits per heavy atom. The average molecular weight is 891 g/mol. The second-order valence-electron chi connectivity index (χ2n) is 19.5. The van der Waals surface area contributed by atoms with Gasteiger partial charge < -0.3 is 38.1 Å². The van der Waals surface area contributed by atoms with Crippen molar-refractivity contribution in [1.82, 2.24) is 0 Å². The summed E-state index contributed by atoms with van der Waals surface area (Å²) in [4.78, 5) is 77.2. The number of hydrogen-bond donors (Lipinski definition) is 2. The number of fused-ring (bicyclic) bond motifs is 4. The number of esters is 4. The van der Waals surface area contributed by atoms with Gasteiger partial charge in [-0.1, -0.05) is 27.7 Å². The Labute approximate surface area is 377 Å². The van der Waals surface area contributed by atoms with Crippen molar-refractivity contribution in [2.24, 2.45) is 17.3 Å². The normalized spacial score (nSPS) is 27.8. The van der Waals surface area contributed by atoms with Gasteiger partial charge in [-0.25, -0.2) is 0 Å². The largest absolute Gasteiger partial charge is 0.481 e. The Morgan fingerprint density at radius 3 is 1.17 bits per heavy atom. The van der Waals surface area contributed by atoms with E-state index in [1.54, 1.807) is 24.3 Å². The Bertz CT molecular complexity index is 1910. The number of quaternary nitrogens is 2. The molecule has 0 aromatic heterocycles. The number of carbonyl (C=O) groups is 6. The highest BCUT2D eigenvalue weighted by Crippen LogP contribution is 2.59. The van der Waals surface area contributed by atoms with E-state index in [4.69, 9.17) is 18.9 Å². The van der Waals surface area contributed by atoms with E-state index in [9.17, 15) is 39.0 Å². The van der Waals surface area contributed by atoms with Gasteiger partial charge in [0.1, 0.15) is 36.1 Å². The molecule has 0 saturated carbocycles. The van der Waals surface area contributed by atoms with E-state index >= 15 is 0 Å². The smallest absolute Gasteiger partial charge is 0.311 e. The maximum atomic E-state index is 14.0. The van der Waals surface area contributed by atoms with E-state index in [1.165, 1.54) is 0 Å². The van der Waals surface area contributed by atoms with E-state index in [2.05, 4.69) is 14.1 Å². The van der Waals surface area contributed by atoms with Crippen LogP contribution in [-0.4, -0.2) is 93.3 Å². The van der Waals surface area contributed by atoms with E-state index in [-0.39, 0.29) is 85.6 Å². The van der Waals surface area contributed by atoms with Crippen molar-refractivity contribution in [1.29, 1.82) is 0 Å². The molecule has 4 fully saturated rings. The second-order valence-corrected chi connectivity index (χ2v) is 19.5. The van der Waals surface area contributed by atoms with Crippen molar-refractivity contribution in [3.8, 4) is 23.0 Å². The van der Waals surface area contributed by atoms with Gasteiger partial charge in [-0.05, 0) is 61.8 Å². The Hall–Kier alpha value is -4.82. The molecule has 6 rings (SSSR count). The summed E-state index contributed by atoms with van der Waals surface area (Å²) in [7, 11) is 4.37. The van der Waals surface area contributed by atoms with Crippen LogP contribution >= 0.6 is 0 Å². The molecule has 14 nitrogen and oxygen atoms in total. The summed E-state index contributed by atoms with van der Waals surface area (Å²) >= 11 is 0. The van der Waals surface area contributed by atoms with Gasteiger partial charge in [-0.15, -0.1) is 0 Å². The van der Waals surface area contributed by atoms with Gasteiger partial charge in [0.15, 0.2) is 0 Å². The summed E-state index contributed by atoms with van der Waals surface area (Å²) in [5, 5.41) is 22.0. The first-order chi connectivity index (χ1) is 30.5. The van der Waals surface area contributed by atoms with Gasteiger partial charge >= 0.3 is 35.8 Å². The summed E-state index contributed by atoms with van der Waals surface area (Å²) < 4.78 is 24.1. The van der Waals surface area contributed by atoms with E-state index in [0.29, 0.717) is 96.4 Å². The molecule has 4 atom stereocenters. The number of carbonyl (C=O) groups excluding carboxylic acids is 4. The minimum Gasteiger partial charge on any atom is -0.481 e. The van der Waals surface area contributed by atoms with Gasteiger partial charge in [-0.2, -0.15) is 0 Å². The number of aliphatic carboxylic acids is 2. The zero-order chi connectivity index (χ0) is 46.4. The Kier molecular flexibility index (Phi) is 15.6. The summed E-state index contributed by atoms with van der Waals surface area (Å²) in [5.41, 5.74) is 0.118. The topological polar surface area (TPSA) is 180 Å². The van der Waals surface area contributed by atoms with E-state index in [0.717, 1.165) is 36.8 Å². The number of benzene rings is 2. The fourth-order valence-electron chi connectivity index (χ4n) is 12.1. The number of carboxylic acid groups (broad SMARTS) is 2. The molecule has 4 aliphatic rings. The molecule has 14 heteroatoms. The minimum atomic E-state index is -1.47. The fraction of sp³-hybridized carbons (Fsp3) is 0.640. The highest BCUT2D eigenvalue weighted by Gasteiger charge is 2.64. The van der Waals surface area contributed by atoms with E-state index in [1.807, 2.05) is 39.8 Å². The molecule has 350 valence electrons. The highest BCUT2D eigenvalue weighted by atomic mass is 16.6. The molecular weight excluding hydrogens is 821 g/mol. The van der Waals surface area contributed by atoms with Gasteiger partial charge in [0.25, 0.3) is 0 Å². The lowest BCUT2D eigenvalue weighted by Gasteiger charge is -2.55. The van der Waals surface area contributed by atoms with Crippen LogP contribution < -0.4 is 18.9 Å². The van der Waals surface area contributed by atoms with Crippen LogP contribution in [0.15, 0.2) is 36.4 Å². The number of nitrogens with zero attached hydrogens (tertiary/aromatic N) is 2. The zero-order valence-corrected chi connectivity index (χ0v) is 38.7. The molecule has 0 amide bonds. The first-order valence-corrected chi connectivity index (χ1v) is 23.7. The van der Waals surface area contributed by atoms with Crippen LogP contribution in [0.3, 0.4) is 0 Å². The number of piperidine rings is 2. The maximum absolute atomic E-state index is 14.0. The lowest BCUT2D eigenvalue weighted by Crippen LogP contribution is -2.63. The van der Waals surface area contributed by atoms with Crippen molar-refractivity contribution in [2.75, 3.05) is 14.1 Å². The van der Waals surface area contributed by atoms with Gasteiger partial charge in [0.2, 0.25) is 0 Å². The van der Waals surface area contributed by atoms with E-state index < -0.39 is 23.8 Å². The van der Waals surface area contributed by atoms with Crippen LogP contribution in [0.5, 0.6) is 23.0 Å². The van der Waals surface area contributed by atoms with Crippen LogP contribution in [-0.2, 0) is 41.9 Å². The summed E-state index contributed by atoms with van der Waals surface area (Å²) in [5.74, 6) is -3.03. The Balaban J connectivity index is 1.25. The summed E-state index contributed by atoms with van der Waals surface area (Å²) in [6.07, 6.45) is 8.77. The maximum Gasteiger partial charge on any atom is 0.311 e. The minimum absolute atomic E-state index is 0.0527. The molecule has 64 heavy (non-hydrogen) atoms.